The lowest BCUT2D eigenvalue weighted by molar-refractivity contribution is 0.119. The van der Waals surface area contributed by atoms with Crippen molar-refractivity contribution in [2.45, 2.75) is 25.4 Å². The van der Waals surface area contributed by atoms with Gasteiger partial charge in [0.15, 0.2) is 5.96 Å². The number of benzene rings is 1. The van der Waals surface area contributed by atoms with Gasteiger partial charge in [0.2, 0.25) is 0 Å². The van der Waals surface area contributed by atoms with Gasteiger partial charge in [-0.1, -0.05) is 6.07 Å². The SMILES string of the molecule is CCNC(=NCC1CN(C)CCN1C)NC1CCN(c2c(F)cccc2F)C1.I. The van der Waals surface area contributed by atoms with E-state index in [4.69, 9.17) is 4.99 Å². The molecule has 29 heavy (non-hydrogen) atoms. The van der Waals surface area contributed by atoms with E-state index in [2.05, 4.69) is 34.5 Å². The van der Waals surface area contributed by atoms with E-state index in [0.717, 1.165) is 38.6 Å². The number of piperazine rings is 1. The quantitative estimate of drug-likeness (QED) is 0.352. The molecule has 9 heteroatoms. The van der Waals surface area contributed by atoms with Gasteiger partial charge in [0.1, 0.15) is 17.3 Å². The van der Waals surface area contributed by atoms with Crippen molar-refractivity contribution in [2.24, 2.45) is 4.99 Å². The summed E-state index contributed by atoms with van der Waals surface area (Å²) in [5, 5.41) is 6.73. The van der Waals surface area contributed by atoms with Gasteiger partial charge in [-0.15, -0.1) is 24.0 Å². The van der Waals surface area contributed by atoms with Crippen LogP contribution < -0.4 is 15.5 Å². The van der Waals surface area contributed by atoms with Gasteiger partial charge in [0.05, 0.1) is 6.54 Å². The highest BCUT2D eigenvalue weighted by atomic mass is 127. The van der Waals surface area contributed by atoms with Gasteiger partial charge in [-0.2, -0.15) is 0 Å². The molecule has 2 aliphatic rings. The maximum atomic E-state index is 14.1. The first-order valence-electron chi connectivity index (χ1n) is 10.1. The highest BCUT2D eigenvalue weighted by Gasteiger charge is 2.27. The molecular formula is C20H33F2IN6. The molecule has 164 valence electrons. The molecule has 1 aromatic rings. The molecule has 2 atom stereocenters. The Morgan fingerprint density at radius 2 is 1.86 bits per heavy atom. The zero-order valence-electron chi connectivity index (χ0n) is 17.5. The number of likely N-dealkylation sites (N-methyl/N-ethyl adjacent to an activating group) is 2. The smallest absolute Gasteiger partial charge is 0.191 e. The van der Waals surface area contributed by atoms with Gasteiger partial charge in [-0.05, 0) is 39.6 Å². The minimum Gasteiger partial charge on any atom is -0.365 e. The third-order valence-corrected chi connectivity index (χ3v) is 5.57. The van der Waals surface area contributed by atoms with Crippen molar-refractivity contribution < 1.29 is 8.78 Å². The van der Waals surface area contributed by atoms with Crippen LogP contribution in [0.15, 0.2) is 23.2 Å². The number of anilines is 1. The summed E-state index contributed by atoms with van der Waals surface area (Å²) in [6, 6.07) is 4.51. The number of para-hydroxylation sites is 1. The van der Waals surface area contributed by atoms with Crippen LogP contribution in [0.2, 0.25) is 0 Å². The number of hydrogen-bond acceptors (Lipinski definition) is 4. The minimum absolute atomic E-state index is 0. The third-order valence-electron chi connectivity index (χ3n) is 5.57. The number of halogens is 3. The molecule has 2 aliphatic heterocycles. The van der Waals surface area contributed by atoms with Gasteiger partial charge >= 0.3 is 0 Å². The molecule has 2 N–H and O–H groups in total. The third kappa shape index (κ3) is 6.39. The van der Waals surface area contributed by atoms with Gasteiger partial charge < -0.3 is 20.4 Å². The van der Waals surface area contributed by atoms with Crippen LogP contribution in [-0.2, 0) is 0 Å². The average molecular weight is 522 g/mol. The maximum absolute atomic E-state index is 14.1. The fraction of sp³-hybridized carbons (Fsp3) is 0.650. The normalized spacial score (nSPS) is 23.8. The first kappa shape index (κ1) is 24.1. The maximum Gasteiger partial charge on any atom is 0.191 e. The van der Waals surface area contributed by atoms with E-state index >= 15 is 0 Å². The molecule has 0 aromatic heterocycles. The highest BCUT2D eigenvalue weighted by molar-refractivity contribution is 14.0. The largest absolute Gasteiger partial charge is 0.365 e. The second-order valence-electron chi connectivity index (χ2n) is 7.76. The fourth-order valence-corrected chi connectivity index (χ4v) is 3.88. The summed E-state index contributed by atoms with van der Waals surface area (Å²) in [7, 11) is 4.29. The van der Waals surface area contributed by atoms with Crippen LogP contribution in [0.3, 0.4) is 0 Å². The number of guanidine groups is 1. The summed E-state index contributed by atoms with van der Waals surface area (Å²) in [5.74, 6) is -0.249. The molecule has 0 saturated carbocycles. The Kier molecular flexibility index (Phi) is 9.35. The molecule has 0 bridgehead atoms. The zero-order valence-corrected chi connectivity index (χ0v) is 19.8. The van der Waals surface area contributed by atoms with Crippen LogP contribution in [0, 0.1) is 11.6 Å². The molecule has 2 heterocycles. The van der Waals surface area contributed by atoms with Crippen molar-refractivity contribution in [3.63, 3.8) is 0 Å². The van der Waals surface area contributed by atoms with Crippen LogP contribution in [0.5, 0.6) is 0 Å². The Balaban J connectivity index is 0.00000300. The van der Waals surface area contributed by atoms with E-state index in [1.165, 1.54) is 18.2 Å². The summed E-state index contributed by atoms with van der Waals surface area (Å²) in [6.07, 6.45) is 0.810. The summed E-state index contributed by atoms with van der Waals surface area (Å²) < 4.78 is 28.1. The van der Waals surface area contributed by atoms with Crippen LogP contribution in [0.4, 0.5) is 14.5 Å². The van der Waals surface area contributed by atoms with E-state index in [1.54, 1.807) is 4.90 Å². The zero-order chi connectivity index (χ0) is 20.1. The van der Waals surface area contributed by atoms with Gasteiger partial charge in [-0.3, -0.25) is 9.89 Å². The first-order chi connectivity index (χ1) is 13.5. The van der Waals surface area contributed by atoms with Gasteiger partial charge in [-0.25, -0.2) is 8.78 Å². The topological polar surface area (TPSA) is 46.1 Å². The van der Waals surface area contributed by atoms with Crippen LogP contribution >= 0.6 is 24.0 Å². The summed E-state index contributed by atoms with van der Waals surface area (Å²) >= 11 is 0. The fourth-order valence-electron chi connectivity index (χ4n) is 3.88. The molecule has 6 nitrogen and oxygen atoms in total. The lowest BCUT2D eigenvalue weighted by Gasteiger charge is -2.37. The Labute approximate surface area is 189 Å². The van der Waals surface area contributed by atoms with Crippen LogP contribution in [-0.4, -0.2) is 87.8 Å². The molecule has 2 unspecified atom stereocenters. The predicted molar refractivity (Wildman–Crippen MR) is 125 cm³/mol. The molecule has 0 radical (unpaired) electrons. The number of aliphatic imine (C=N–C) groups is 1. The monoisotopic (exact) mass is 522 g/mol. The lowest BCUT2D eigenvalue weighted by Crippen LogP contribution is -2.52. The van der Waals surface area contributed by atoms with Crippen molar-refractivity contribution in [1.82, 2.24) is 20.4 Å². The van der Waals surface area contributed by atoms with Gasteiger partial charge in [0.25, 0.3) is 0 Å². The van der Waals surface area contributed by atoms with E-state index < -0.39 is 11.6 Å². The second-order valence-corrected chi connectivity index (χ2v) is 7.76. The second kappa shape index (κ2) is 11.3. The first-order valence-corrected chi connectivity index (χ1v) is 10.1. The van der Waals surface area contributed by atoms with Crippen molar-refractivity contribution in [3.05, 3.63) is 29.8 Å². The summed E-state index contributed by atoms with van der Waals surface area (Å²) in [6.45, 7) is 7.82. The lowest BCUT2D eigenvalue weighted by atomic mass is 10.2. The minimum atomic E-state index is -0.509. The molecule has 0 spiro atoms. The van der Waals surface area contributed by atoms with Crippen LogP contribution in [0.25, 0.3) is 0 Å². The molecule has 2 fully saturated rings. The summed E-state index contributed by atoms with van der Waals surface area (Å²) in [5.41, 5.74) is 0.0700. The van der Waals surface area contributed by atoms with Gasteiger partial charge in [0, 0.05) is 51.4 Å². The Bertz CT molecular complexity index is 669. The molecule has 3 rings (SSSR count). The Hall–Kier alpha value is -1.20. The van der Waals surface area contributed by atoms with Crippen molar-refractivity contribution in [2.75, 3.05) is 64.8 Å². The summed E-state index contributed by atoms with van der Waals surface area (Å²) in [4.78, 5) is 11.2. The van der Waals surface area contributed by atoms with Crippen molar-refractivity contribution in [1.29, 1.82) is 0 Å². The number of hydrogen-bond donors (Lipinski definition) is 2. The molecule has 2 saturated heterocycles. The van der Waals surface area contributed by atoms with E-state index in [-0.39, 0.29) is 35.7 Å². The van der Waals surface area contributed by atoms with E-state index in [1.807, 2.05) is 6.92 Å². The molecule has 0 amide bonds. The number of rotatable bonds is 5. The van der Waals surface area contributed by atoms with E-state index in [9.17, 15) is 8.78 Å². The van der Waals surface area contributed by atoms with E-state index in [0.29, 0.717) is 25.7 Å². The molecule has 1 aromatic carbocycles. The van der Waals surface area contributed by atoms with Crippen molar-refractivity contribution in [3.8, 4) is 0 Å². The predicted octanol–water partition coefficient (Wildman–Crippen LogP) is 1.96. The van der Waals surface area contributed by atoms with Crippen molar-refractivity contribution >= 4 is 35.6 Å². The number of nitrogens with zero attached hydrogens (tertiary/aromatic N) is 4. The number of nitrogens with one attached hydrogen (secondary N) is 2. The highest BCUT2D eigenvalue weighted by Crippen LogP contribution is 2.26. The molecular weight excluding hydrogens is 489 g/mol. The standard InChI is InChI=1S/C20H32F2N6.HI/c1-4-23-20(24-12-16-14-26(2)10-11-27(16)3)25-15-8-9-28(13-15)19-17(21)6-5-7-18(19)22;/h5-7,15-16H,4,8-14H2,1-3H3,(H2,23,24,25);1H. The van der Waals surface area contributed by atoms with Crippen LogP contribution in [0.1, 0.15) is 13.3 Å². The molecule has 0 aliphatic carbocycles. The average Bonchev–Trinajstić information content (AvgIpc) is 3.10. The Morgan fingerprint density at radius 3 is 2.55 bits per heavy atom. The Morgan fingerprint density at radius 1 is 1.14 bits per heavy atom.